The van der Waals surface area contributed by atoms with Crippen molar-refractivity contribution in [2.45, 2.75) is 12.5 Å². The predicted octanol–water partition coefficient (Wildman–Crippen LogP) is 2.46. The minimum atomic E-state index is -0.704. The average molecular weight is 308 g/mol. The third-order valence-electron chi connectivity index (χ3n) is 2.97. The van der Waals surface area contributed by atoms with Crippen LogP contribution >= 0.6 is 11.3 Å². The topological polar surface area (TPSA) is 61.4 Å². The Hall–Kier alpha value is -1.92. The van der Waals surface area contributed by atoms with E-state index in [0.717, 1.165) is 11.1 Å². The molecule has 2 amide bonds. The summed E-state index contributed by atoms with van der Waals surface area (Å²) in [5, 5.41) is 18.8. The second kappa shape index (κ2) is 7.75. The highest BCUT2D eigenvalue weighted by Crippen LogP contribution is 2.14. The lowest BCUT2D eigenvalue weighted by Crippen LogP contribution is -2.38. The Balaban J connectivity index is 1.66. The largest absolute Gasteiger partial charge is 0.387 e. The number of amides is 2. The number of aliphatic hydroxyl groups is 1. The molecule has 0 spiro atoms. The molecule has 1 unspecified atom stereocenters. The van der Waals surface area contributed by atoms with Crippen LogP contribution in [0.5, 0.6) is 0 Å². The summed E-state index contributed by atoms with van der Waals surface area (Å²) in [5.41, 5.74) is 1.62. The molecule has 1 aromatic heterocycles. The van der Waals surface area contributed by atoms with E-state index in [0.29, 0.717) is 13.0 Å². The number of urea groups is 1. The van der Waals surface area contributed by atoms with Crippen LogP contribution in [0.4, 0.5) is 9.18 Å². The van der Waals surface area contributed by atoms with E-state index >= 15 is 0 Å². The van der Waals surface area contributed by atoms with Gasteiger partial charge in [0.15, 0.2) is 0 Å². The molecule has 0 aliphatic carbocycles. The van der Waals surface area contributed by atoms with E-state index in [4.69, 9.17) is 0 Å². The van der Waals surface area contributed by atoms with Crippen LogP contribution < -0.4 is 10.6 Å². The smallest absolute Gasteiger partial charge is 0.314 e. The molecule has 21 heavy (non-hydrogen) atoms. The average Bonchev–Trinajstić information content (AvgIpc) is 2.99. The number of nitrogens with one attached hydrogen (secondary N) is 2. The van der Waals surface area contributed by atoms with Gasteiger partial charge in [0.1, 0.15) is 5.82 Å². The molecule has 1 aromatic carbocycles. The summed E-state index contributed by atoms with van der Waals surface area (Å²) in [4.78, 5) is 11.6. The first-order valence-electron chi connectivity index (χ1n) is 6.61. The second-order valence-corrected chi connectivity index (χ2v) is 5.37. The standard InChI is InChI=1S/C15H17FN2O2S/c16-13-3-1-2-11(8-13)4-6-17-15(20)18-9-14(19)12-5-7-21-10-12/h1-3,5,7-8,10,14,19H,4,6,9H2,(H2,17,18,20). The number of halogens is 1. The van der Waals surface area contributed by atoms with Crippen LogP contribution in [0.15, 0.2) is 41.1 Å². The van der Waals surface area contributed by atoms with Crippen molar-refractivity contribution >= 4 is 17.4 Å². The SMILES string of the molecule is O=C(NCCc1cccc(F)c1)NCC(O)c1ccsc1. The molecule has 112 valence electrons. The maximum atomic E-state index is 13.0. The lowest BCUT2D eigenvalue weighted by atomic mass is 10.1. The molecule has 1 heterocycles. The Labute approximate surface area is 126 Å². The van der Waals surface area contributed by atoms with Crippen LogP contribution in [-0.2, 0) is 6.42 Å². The van der Waals surface area contributed by atoms with E-state index in [1.165, 1.54) is 23.5 Å². The Bertz CT molecular complexity index is 575. The zero-order valence-electron chi connectivity index (χ0n) is 11.4. The third-order valence-corrected chi connectivity index (χ3v) is 3.67. The van der Waals surface area contributed by atoms with Crippen molar-refractivity contribution in [1.82, 2.24) is 10.6 Å². The Morgan fingerprint density at radius 3 is 2.90 bits per heavy atom. The number of hydrogen-bond donors (Lipinski definition) is 3. The van der Waals surface area contributed by atoms with E-state index in [2.05, 4.69) is 10.6 Å². The molecule has 0 aliphatic heterocycles. The summed E-state index contributed by atoms with van der Waals surface area (Å²) in [6.45, 7) is 0.562. The van der Waals surface area contributed by atoms with Crippen molar-refractivity contribution in [2.24, 2.45) is 0 Å². The molecular formula is C15H17FN2O2S. The highest BCUT2D eigenvalue weighted by atomic mass is 32.1. The number of carbonyl (C=O) groups excluding carboxylic acids is 1. The van der Waals surface area contributed by atoms with Gasteiger partial charge >= 0.3 is 6.03 Å². The molecule has 0 saturated carbocycles. The van der Waals surface area contributed by atoms with Crippen LogP contribution in [0.2, 0.25) is 0 Å². The zero-order chi connectivity index (χ0) is 15.1. The van der Waals surface area contributed by atoms with E-state index in [9.17, 15) is 14.3 Å². The van der Waals surface area contributed by atoms with Gasteiger partial charge < -0.3 is 15.7 Å². The maximum absolute atomic E-state index is 13.0. The number of carbonyl (C=O) groups is 1. The fourth-order valence-electron chi connectivity index (χ4n) is 1.85. The van der Waals surface area contributed by atoms with Gasteiger partial charge in [-0.15, -0.1) is 0 Å². The highest BCUT2D eigenvalue weighted by molar-refractivity contribution is 7.07. The van der Waals surface area contributed by atoms with Gasteiger partial charge in [0, 0.05) is 13.1 Å². The number of rotatable bonds is 6. The monoisotopic (exact) mass is 308 g/mol. The molecule has 1 atom stereocenters. The first kappa shape index (κ1) is 15.5. The van der Waals surface area contributed by atoms with Crippen LogP contribution in [0.25, 0.3) is 0 Å². The molecule has 6 heteroatoms. The van der Waals surface area contributed by atoms with Gasteiger partial charge in [-0.2, -0.15) is 11.3 Å². The number of thiophene rings is 1. The van der Waals surface area contributed by atoms with Crippen molar-refractivity contribution < 1.29 is 14.3 Å². The molecule has 3 N–H and O–H groups in total. The summed E-state index contributed by atoms with van der Waals surface area (Å²) in [5.74, 6) is -0.282. The van der Waals surface area contributed by atoms with Crippen LogP contribution in [0.3, 0.4) is 0 Å². The Morgan fingerprint density at radius 2 is 2.19 bits per heavy atom. The quantitative estimate of drug-likeness (QED) is 0.767. The Morgan fingerprint density at radius 1 is 1.33 bits per heavy atom. The van der Waals surface area contributed by atoms with Crippen LogP contribution in [0.1, 0.15) is 17.2 Å². The number of aliphatic hydroxyl groups excluding tert-OH is 1. The van der Waals surface area contributed by atoms with Crippen LogP contribution in [0, 0.1) is 5.82 Å². The zero-order valence-corrected chi connectivity index (χ0v) is 12.2. The summed E-state index contributed by atoms with van der Waals surface area (Å²) < 4.78 is 13.0. The highest BCUT2D eigenvalue weighted by Gasteiger charge is 2.09. The predicted molar refractivity (Wildman–Crippen MR) is 80.8 cm³/mol. The van der Waals surface area contributed by atoms with Gasteiger partial charge in [0.2, 0.25) is 0 Å². The summed E-state index contributed by atoms with van der Waals surface area (Å²) >= 11 is 1.50. The molecule has 0 saturated heterocycles. The lowest BCUT2D eigenvalue weighted by molar-refractivity contribution is 0.173. The first-order chi connectivity index (χ1) is 10.1. The minimum Gasteiger partial charge on any atom is -0.387 e. The molecular weight excluding hydrogens is 291 g/mol. The maximum Gasteiger partial charge on any atom is 0.314 e. The molecule has 2 aromatic rings. The minimum absolute atomic E-state index is 0.155. The van der Waals surface area contributed by atoms with E-state index in [1.54, 1.807) is 6.07 Å². The molecule has 2 rings (SSSR count). The van der Waals surface area contributed by atoms with Crippen LogP contribution in [-0.4, -0.2) is 24.2 Å². The number of hydrogen-bond acceptors (Lipinski definition) is 3. The molecule has 0 aliphatic rings. The summed E-state index contributed by atoms with van der Waals surface area (Å²) in [6, 6.07) is 7.75. The van der Waals surface area contributed by atoms with Crippen molar-refractivity contribution in [3.63, 3.8) is 0 Å². The molecule has 0 fully saturated rings. The van der Waals surface area contributed by atoms with Gasteiger partial charge in [-0.3, -0.25) is 0 Å². The fraction of sp³-hybridized carbons (Fsp3) is 0.267. The van der Waals surface area contributed by atoms with E-state index in [1.807, 2.05) is 22.9 Å². The molecule has 4 nitrogen and oxygen atoms in total. The van der Waals surface area contributed by atoms with E-state index in [-0.39, 0.29) is 18.4 Å². The number of benzene rings is 1. The third kappa shape index (κ3) is 5.17. The summed E-state index contributed by atoms with van der Waals surface area (Å²) in [6.07, 6.45) is -0.150. The van der Waals surface area contributed by atoms with Gasteiger partial charge in [-0.25, -0.2) is 9.18 Å². The fourth-order valence-corrected chi connectivity index (χ4v) is 2.55. The second-order valence-electron chi connectivity index (χ2n) is 4.59. The van der Waals surface area contributed by atoms with Gasteiger partial charge in [0.25, 0.3) is 0 Å². The molecule has 0 radical (unpaired) electrons. The lowest BCUT2D eigenvalue weighted by Gasteiger charge is -2.11. The van der Waals surface area contributed by atoms with Gasteiger partial charge in [-0.05, 0) is 46.5 Å². The molecule has 0 bridgehead atoms. The van der Waals surface area contributed by atoms with E-state index < -0.39 is 6.10 Å². The van der Waals surface area contributed by atoms with Crippen molar-refractivity contribution in [3.05, 3.63) is 58.0 Å². The Kier molecular flexibility index (Phi) is 5.71. The van der Waals surface area contributed by atoms with Crippen molar-refractivity contribution in [1.29, 1.82) is 0 Å². The normalized spacial score (nSPS) is 11.9. The van der Waals surface area contributed by atoms with Gasteiger partial charge in [-0.1, -0.05) is 12.1 Å². The first-order valence-corrected chi connectivity index (χ1v) is 7.56. The van der Waals surface area contributed by atoms with Gasteiger partial charge in [0.05, 0.1) is 6.10 Å². The summed E-state index contributed by atoms with van der Waals surface area (Å²) in [7, 11) is 0. The van der Waals surface area contributed by atoms with Crippen molar-refractivity contribution in [3.8, 4) is 0 Å². The van der Waals surface area contributed by atoms with Crippen molar-refractivity contribution in [2.75, 3.05) is 13.1 Å².